The van der Waals surface area contributed by atoms with Gasteiger partial charge in [-0.15, -0.1) is 0 Å². The molecular weight excluding hydrogens is 657 g/mol. The zero-order valence-electron chi connectivity index (χ0n) is 20.3. The molecule has 38 heavy (non-hydrogen) atoms. The molecule has 0 saturated carbocycles. The van der Waals surface area contributed by atoms with E-state index < -0.39 is 0 Å². The molecule has 0 spiro atoms. The van der Waals surface area contributed by atoms with E-state index in [0.29, 0.717) is 44.0 Å². The Bertz CT molecular complexity index is 1370. The molecule has 4 rings (SSSR count). The van der Waals surface area contributed by atoms with E-state index in [2.05, 4.69) is 10.6 Å². The van der Waals surface area contributed by atoms with Gasteiger partial charge in [-0.3, -0.25) is 0 Å². The number of nitrogens with one attached hydrogen (secondary N) is 2. The van der Waals surface area contributed by atoms with Crippen LogP contribution in [0.15, 0.2) is 84.9 Å². The number of ether oxygens (including phenoxy) is 2. The molecule has 0 heterocycles. The van der Waals surface area contributed by atoms with Crippen molar-refractivity contribution in [2.75, 3.05) is 24.9 Å². The number of carbonyl (C=O) groups excluding carboxylic acids is 2. The van der Waals surface area contributed by atoms with E-state index in [1.165, 1.54) is 14.2 Å². The quantitative estimate of drug-likeness (QED) is 0.250. The van der Waals surface area contributed by atoms with Crippen molar-refractivity contribution >= 4 is 81.6 Å². The Hall–Kier alpha value is -2.96. The van der Waals surface area contributed by atoms with Gasteiger partial charge in [-0.25, -0.2) is 0 Å². The van der Waals surface area contributed by atoms with Gasteiger partial charge in [0.2, 0.25) is 0 Å². The van der Waals surface area contributed by atoms with Crippen molar-refractivity contribution in [3.8, 4) is 11.5 Å². The summed E-state index contributed by atoms with van der Waals surface area (Å²) in [5.41, 5.74) is 2.14. The molecule has 4 aromatic rings. The van der Waals surface area contributed by atoms with Crippen LogP contribution in [0.4, 0.5) is 11.4 Å². The number of hydrogen-bond acceptors (Lipinski definition) is 4. The molecule has 0 aliphatic rings. The number of halogens is 2. The molecule has 194 valence electrons. The van der Waals surface area contributed by atoms with Crippen LogP contribution >= 0.6 is 23.2 Å². The number of rotatable bonds is 9. The van der Waals surface area contributed by atoms with Gasteiger partial charge < -0.3 is 0 Å². The van der Waals surface area contributed by atoms with E-state index in [0.717, 1.165) is 8.92 Å². The molecule has 0 unspecified atom stereocenters. The van der Waals surface area contributed by atoms with E-state index in [1.807, 2.05) is 36.4 Å². The van der Waals surface area contributed by atoms with Crippen LogP contribution in [0.5, 0.6) is 11.5 Å². The molecule has 6 nitrogen and oxygen atoms in total. The van der Waals surface area contributed by atoms with Gasteiger partial charge in [-0.2, -0.15) is 0 Å². The van der Waals surface area contributed by atoms with Gasteiger partial charge in [0.1, 0.15) is 0 Å². The number of carbonyl (C=O) groups is 2. The third kappa shape index (κ3) is 6.91. The standard InChI is InChI=1S/C28H22Cl2N2O4Se2/c1-35-23-13-11-17(29)15-21(23)31-27(33)19-7-3-5-9-25(19)37-38-26-10-6-4-8-20(26)28(34)32-22-16-18(30)12-14-24(22)36-2/h3-16H,1-2H3,(H,31,33)(H,32,34). The summed E-state index contributed by atoms with van der Waals surface area (Å²) in [4.78, 5) is 26.4. The predicted molar refractivity (Wildman–Crippen MR) is 156 cm³/mol. The maximum absolute atomic E-state index is 13.2. The van der Waals surface area contributed by atoms with Gasteiger partial charge in [0, 0.05) is 0 Å². The van der Waals surface area contributed by atoms with Gasteiger partial charge in [0.25, 0.3) is 0 Å². The van der Waals surface area contributed by atoms with Crippen LogP contribution < -0.4 is 29.0 Å². The summed E-state index contributed by atoms with van der Waals surface area (Å²) in [6, 6.07) is 25.1. The molecule has 10 heteroatoms. The van der Waals surface area contributed by atoms with E-state index in [4.69, 9.17) is 32.7 Å². The number of methoxy groups -OCH3 is 2. The van der Waals surface area contributed by atoms with Crippen LogP contribution in [0.1, 0.15) is 20.7 Å². The summed E-state index contributed by atoms with van der Waals surface area (Å²) >= 11 is 12.1. The predicted octanol–water partition coefficient (Wildman–Crippen LogP) is 4.79. The number of amides is 2. The second-order valence-corrected chi connectivity index (χ2v) is 14.8. The molecule has 0 aliphatic carbocycles. The average Bonchev–Trinajstić information content (AvgIpc) is 2.92. The fourth-order valence-corrected chi connectivity index (χ4v) is 10.9. The molecule has 0 bridgehead atoms. The van der Waals surface area contributed by atoms with Crippen LogP contribution in [0.3, 0.4) is 0 Å². The normalized spacial score (nSPS) is 10.5. The maximum atomic E-state index is 13.2. The number of benzene rings is 4. The van der Waals surface area contributed by atoms with E-state index in [1.54, 1.807) is 48.5 Å². The number of anilines is 2. The van der Waals surface area contributed by atoms with E-state index >= 15 is 0 Å². The van der Waals surface area contributed by atoms with Crippen molar-refractivity contribution in [2.24, 2.45) is 0 Å². The van der Waals surface area contributed by atoms with Crippen molar-refractivity contribution in [3.63, 3.8) is 0 Å². The first-order valence-corrected chi connectivity index (χ1v) is 18.0. The van der Waals surface area contributed by atoms with Gasteiger partial charge in [-0.1, -0.05) is 0 Å². The van der Waals surface area contributed by atoms with Crippen LogP contribution in [0, 0.1) is 0 Å². The van der Waals surface area contributed by atoms with Gasteiger partial charge >= 0.3 is 243 Å². The Morgan fingerprint density at radius 3 is 1.42 bits per heavy atom. The number of hydrogen-bond donors (Lipinski definition) is 2. The molecule has 0 aliphatic heterocycles. The second kappa shape index (κ2) is 13.2. The van der Waals surface area contributed by atoms with Crippen molar-refractivity contribution in [1.82, 2.24) is 0 Å². The molecule has 2 N–H and O–H groups in total. The van der Waals surface area contributed by atoms with Crippen molar-refractivity contribution in [3.05, 3.63) is 106 Å². The summed E-state index contributed by atoms with van der Waals surface area (Å²) in [7, 11) is 3.07. The third-order valence-electron chi connectivity index (χ3n) is 5.30. The fourth-order valence-electron chi connectivity index (χ4n) is 3.48. The van der Waals surface area contributed by atoms with Crippen LogP contribution in [0.2, 0.25) is 10.0 Å². The zero-order valence-corrected chi connectivity index (χ0v) is 25.2. The zero-order chi connectivity index (χ0) is 27.1. The minimum absolute atomic E-state index is 0.0799. The Kier molecular flexibility index (Phi) is 9.75. The monoisotopic (exact) mass is 680 g/mol. The van der Waals surface area contributed by atoms with Crippen molar-refractivity contribution in [1.29, 1.82) is 0 Å². The minimum atomic E-state index is -0.252. The molecule has 0 aromatic heterocycles. The summed E-state index contributed by atoms with van der Waals surface area (Å²) < 4.78 is 12.6. The molecule has 0 radical (unpaired) electrons. The van der Waals surface area contributed by atoms with Crippen LogP contribution in [-0.2, 0) is 0 Å². The Morgan fingerprint density at radius 1 is 0.632 bits per heavy atom. The van der Waals surface area contributed by atoms with Crippen molar-refractivity contribution < 1.29 is 19.1 Å². The van der Waals surface area contributed by atoms with E-state index in [9.17, 15) is 9.59 Å². The Balaban J connectivity index is 1.52. The second-order valence-electron chi connectivity index (χ2n) is 7.76. The SMILES string of the molecule is COc1ccc(Cl)cc1NC(=O)c1ccccc1[Se][Se]c1ccccc1C(=O)Nc1cc(Cl)ccc1OC. The summed E-state index contributed by atoms with van der Waals surface area (Å²) in [5.74, 6) is 0.535. The van der Waals surface area contributed by atoms with Gasteiger partial charge in [-0.05, 0) is 0 Å². The summed E-state index contributed by atoms with van der Waals surface area (Å²) in [5, 5.41) is 6.81. The topological polar surface area (TPSA) is 76.7 Å². The molecule has 0 atom stereocenters. The molecule has 2 amide bonds. The molecule has 0 fully saturated rings. The van der Waals surface area contributed by atoms with Gasteiger partial charge in [0.15, 0.2) is 0 Å². The first kappa shape index (κ1) is 28.1. The summed E-state index contributed by atoms with van der Waals surface area (Å²) in [6.45, 7) is 0. The Labute approximate surface area is 241 Å². The first-order valence-electron chi connectivity index (χ1n) is 11.2. The van der Waals surface area contributed by atoms with E-state index in [-0.39, 0.29) is 38.1 Å². The van der Waals surface area contributed by atoms with Crippen LogP contribution in [-0.4, -0.2) is 52.3 Å². The molecule has 4 aromatic carbocycles. The fraction of sp³-hybridized carbons (Fsp3) is 0.0714. The third-order valence-corrected chi connectivity index (χ3v) is 13.0. The van der Waals surface area contributed by atoms with Crippen molar-refractivity contribution in [2.45, 2.75) is 0 Å². The molecular formula is C28H22Cl2N2O4Se2. The molecule has 0 saturated heterocycles. The summed E-state index contributed by atoms with van der Waals surface area (Å²) in [6.07, 6.45) is 0. The average molecular weight is 679 g/mol. The van der Waals surface area contributed by atoms with Crippen LogP contribution in [0.25, 0.3) is 0 Å². The first-order chi connectivity index (χ1) is 18.4. The Morgan fingerprint density at radius 2 is 1.03 bits per heavy atom. The van der Waals surface area contributed by atoms with Gasteiger partial charge in [0.05, 0.1) is 0 Å².